The van der Waals surface area contributed by atoms with Gasteiger partial charge in [0.2, 0.25) is 11.8 Å². The van der Waals surface area contributed by atoms with Crippen LogP contribution in [0.2, 0.25) is 0 Å². The van der Waals surface area contributed by atoms with Crippen molar-refractivity contribution in [3.63, 3.8) is 0 Å². The molecule has 4 N–H and O–H groups in total. The van der Waals surface area contributed by atoms with E-state index in [9.17, 15) is 14.7 Å². The van der Waals surface area contributed by atoms with Crippen molar-refractivity contribution in [2.45, 2.75) is 116 Å². The van der Waals surface area contributed by atoms with Crippen molar-refractivity contribution in [2.75, 3.05) is 13.7 Å². The molecule has 2 atom stereocenters. The van der Waals surface area contributed by atoms with Crippen LogP contribution in [0.1, 0.15) is 104 Å². The maximum atomic E-state index is 12.4. The third-order valence-corrected chi connectivity index (χ3v) is 5.76. The molecule has 0 bridgehead atoms. The zero-order chi connectivity index (χ0) is 22.8. The number of amides is 2. The first-order chi connectivity index (χ1) is 14.3. The Hall–Kier alpha value is -1.56. The van der Waals surface area contributed by atoms with Gasteiger partial charge in [-0.1, -0.05) is 90.6 Å². The van der Waals surface area contributed by atoms with Crippen LogP contribution in [-0.2, 0) is 9.59 Å². The summed E-state index contributed by atoms with van der Waals surface area (Å²) in [6.07, 6.45) is 17.0. The first kappa shape index (κ1) is 28.4. The van der Waals surface area contributed by atoms with Gasteiger partial charge in [0, 0.05) is 19.2 Å². The molecule has 6 heteroatoms. The highest BCUT2D eigenvalue weighted by Crippen LogP contribution is 2.14. The number of unbranched alkanes of at least 4 members (excludes halogenated alkanes) is 12. The van der Waals surface area contributed by atoms with E-state index in [0.717, 1.165) is 12.8 Å². The van der Waals surface area contributed by atoms with Crippen molar-refractivity contribution in [3.8, 4) is 0 Å². The van der Waals surface area contributed by atoms with E-state index in [0.29, 0.717) is 12.1 Å². The number of hydrogen-bond donors (Lipinski definition) is 3. The maximum absolute atomic E-state index is 12.4. The lowest BCUT2D eigenvalue weighted by molar-refractivity contribution is -0.132. The average molecular weight is 426 g/mol. The fourth-order valence-electron chi connectivity index (χ4n) is 3.56. The van der Waals surface area contributed by atoms with Crippen molar-refractivity contribution < 1.29 is 14.7 Å². The summed E-state index contributed by atoms with van der Waals surface area (Å²) >= 11 is 0. The Kier molecular flexibility index (Phi) is 17.3. The fourth-order valence-corrected chi connectivity index (χ4v) is 3.56. The fraction of sp³-hybridized carbons (Fsp3) is 0.833. The van der Waals surface area contributed by atoms with E-state index in [-0.39, 0.29) is 12.5 Å². The first-order valence-corrected chi connectivity index (χ1v) is 12.0. The van der Waals surface area contributed by atoms with E-state index < -0.39 is 18.0 Å². The number of likely N-dealkylation sites (N-methyl/N-ethyl adjacent to an activating group) is 1. The Morgan fingerprint density at radius 3 is 1.77 bits per heavy atom. The van der Waals surface area contributed by atoms with E-state index in [2.05, 4.69) is 18.8 Å². The van der Waals surface area contributed by atoms with Crippen LogP contribution in [0.15, 0.2) is 12.3 Å². The van der Waals surface area contributed by atoms with Gasteiger partial charge in [0.1, 0.15) is 6.04 Å². The summed E-state index contributed by atoms with van der Waals surface area (Å²) < 4.78 is 0. The van der Waals surface area contributed by atoms with Crippen LogP contribution in [0, 0.1) is 0 Å². The Balaban J connectivity index is 3.84. The van der Waals surface area contributed by atoms with Gasteiger partial charge in [-0.25, -0.2) is 0 Å². The summed E-state index contributed by atoms with van der Waals surface area (Å²) in [5.41, 5.74) is 5.66. The van der Waals surface area contributed by atoms with E-state index >= 15 is 0 Å². The number of nitrogens with one attached hydrogen (secondary N) is 1. The number of carbonyl (C=O) groups excluding carboxylic acids is 2. The van der Waals surface area contributed by atoms with Gasteiger partial charge in [0.05, 0.1) is 12.6 Å². The summed E-state index contributed by atoms with van der Waals surface area (Å²) in [5.74, 6) is -0.527. The third kappa shape index (κ3) is 13.6. The highest BCUT2D eigenvalue weighted by Gasteiger charge is 2.23. The molecule has 0 saturated carbocycles. The highest BCUT2D eigenvalue weighted by atomic mass is 16.3. The number of carbonyl (C=O) groups is 2. The Morgan fingerprint density at radius 2 is 1.37 bits per heavy atom. The van der Waals surface area contributed by atoms with Crippen LogP contribution in [0.3, 0.4) is 0 Å². The van der Waals surface area contributed by atoms with Gasteiger partial charge < -0.3 is 21.1 Å². The smallest absolute Gasteiger partial charge is 0.239 e. The lowest BCUT2D eigenvalue weighted by atomic mass is 10.0. The van der Waals surface area contributed by atoms with Gasteiger partial charge in [0.15, 0.2) is 0 Å². The topological polar surface area (TPSA) is 95.7 Å². The van der Waals surface area contributed by atoms with Gasteiger partial charge in [0.25, 0.3) is 0 Å². The average Bonchev–Trinajstić information content (AvgIpc) is 2.71. The molecule has 0 aliphatic rings. The van der Waals surface area contributed by atoms with E-state index in [1.807, 2.05) is 0 Å². The summed E-state index contributed by atoms with van der Waals surface area (Å²) in [6.45, 7) is 7.47. The molecule has 176 valence electrons. The second-order valence-corrected chi connectivity index (χ2v) is 8.49. The normalized spacial score (nSPS) is 12.9. The maximum Gasteiger partial charge on any atom is 0.239 e. The van der Waals surface area contributed by atoms with Gasteiger partial charge in [-0.2, -0.15) is 0 Å². The molecular weight excluding hydrogens is 378 g/mol. The minimum absolute atomic E-state index is 0.0215. The molecule has 0 aliphatic carbocycles. The predicted octanol–water partition coefficient (Wildman–Crippen LogP) is 4.26. The lowest BCUT2D eigenvalue weighted by Gasteiger charge is -2.30. The molecule has 0 radical (unpaired) electrons. The first-order valence-electron chi connectivity index (χ1n) is 12.0. The minimum Gasteiger partial charge on any atom is -0.394 e. The van der Waals surface area contributed by atoms with Crippen molar-refractivity contribution >= 4 is 11.8 Å². The van der Waals surface area contributed by atoms with Crippen molar-refractivity contribution in [1.82, 2.24) is 10.2 Å². The Bertz CT molecular complexity index is 482. The summed E-state index contributed by atoms with van der Waals surface area (Å²) in [7, 11) is 1.66. The minimum atomic E-state index is -0.601. The molecule has 30 heavy (non-hydrogen) atoms. The number of primary amides is 1. The molecule has 0 aromatic carbocycles. The van der Waals surface area contributed by atoms with Crippen LogP contribution in [0.5, 0.6) is 0 Å². The predicted molar refractivity (Wildman–Crippen MR) is 125 cm³/mol. The molecule has 6 nitrogen and oxygen atoms in total. The Morgan fingerprint density at radius 1 is 0.933 bits per heavy atom. The number of hydrogen-bond acceptors (Lipinski definition) is 4. The molecule has 0 unspecified atom stereocenters. The molecule has 0 aromatic rings. The van der Waals surface area contributed by atoms with Crippen LogP contribution in [-0.4, -0.2) is 47.6 Å². The molecule has 0 saturated heterocycles. The standard InChI is InChI=1S/C24H47N3O3/c1-5-6-7-8-9-10-11-12-13-14-15-16-17-18-23(29)27(4)22(19-28)20(2)26-21(3)24(25)30/h21-22,26,28H,2,5-19H2,1,3-4H3,(H2,25,30)/t21-,22-/m1/s1. The van der Waals surface area contributed by atoms with Crippen LogP contribution in [0.25, 0.3) is 0 Å². The van der Waals surface area contributed by atoms with Gasteiger partial charge in [-0.3, -0.25) is 9.59 Å². The molecular formula is C24H47N3O3. The van der Waals surface area contributed by atoms with E-state index in [4.69, 9.17) is 5.73 Å². The Labute approximate surface area is 184 Å². The molecule has 0 aromatic heterocycles. The van der Waals surface area contributed by atoms with Crippen molar-refractivity contribution in [1.29, 1.82) is 0 Å². The molecule has 0 spiro atoms. The van der Waals surface area contributed by atoms with Crippen molar-refractivity contribution in [2.24, 2.45) is 5.73 Å². The zero-order valence-corrected chi connectivity index (χ0v) is 19.8. The molecule has 0 fully saturated rings. The number of rotatable bonds is 20. The second-order valence-electron chi connectivity index (χ2n) is 8.49. The van der Waals surface area contributed by atoms with Crippen LogP contribution < -0.4 is 11.1 Å². The lowest BCUT2D eigenvalue weighted by Crippen LogP contribution is -2.47. The van der Waals surface area contributed by atoms with E-state index in [1.54, 1.807) is 14.0 Å². The molecule has 0 aliphatic heterocycles. The van der Waals surface area contributed by atoms with Crippen LogP contribution in [0.4, 0.5) is 0 Å². The monoisotopic (exact) mass is 425 g/mol. The van der Waals surface area contributed by atoms with Crippen LogP contribution >= 0.6 is 0 Å². The second kappa shape index (κ2) is 18.2. The largest absolute Gasteiger partial charge is 0.394 e. The van der Waals surface area contributed by atoms with Crippen molar-refractivity contribution in [3.05, 3.63) is 12.3 Å². The third-order valence-electron chi connectivity index (χ3n) is 5.76. The SMILES string of the molecule is C=C(N[C@H](C)C(N)=O)[C@@H](CO)N(C)C(=O)CCCCCCCCCCCCCCC. The summed E-state index contributed by atoms with van der Waals surface area (Å²) in [6, 6.07) is -1.17. The number of nitrogens with two attached hydrogens (primary N) is 1. The number of aliphatic hydroxyl groups is 1. The van der Waals surface area contributed by atoms with Gasteiger partial charge in [-0.15, -0.1) is 0 Å². The molecule has 0 rings (SSSR count). The number of nitrogens with zero attached hydrogens (tertiary/aromatic N) is 1. The zero-order valence-electron chi connectivity index (χ0n) is 19.8. The van der Waals surface area contributed by atoms with E-state index in [1.165, 1.54) is 75.5 Å². The summed E-state index contributed by atoms with van der Waals surface area (Å²) in [4.78, 5) is 25.1. The van der Waals surface area contributed by atoms with Gasteiger partial charge >= 0.3 is 0 Å². The highest BCUT2D eigenvalue weighted by molar-refractivity contribution is 5.79. The van der Waals surface area contributed by atoms with Gasteiger partial charge in [-0.05, 0) is 13.3 Å². The summed E-state index contributed by atoms with van der Waals surface area (Å²) in [5, 5.41) is 12.5. The molecule has 0 heterocycles. The number of aliphatic hydroxyl groups excluding tert-OH is 1. The quantitative estimate of drug-likeness (QED) is 0.254. The molecule has 2 amide bonds.